The number of carbonyl (C=O) groups excluding carboxylic acids is 1. The predicted molar refractivity (Wildman–Crippen MR) is 126 cm³/mol. The lowest BCUT2D eigenvalue weighted by atomic mass is 9.55. The van der Waals surface area contributed by atoms with Crippen molar-refractivity contribution >= 4 is 5.78 Å². The minimum Gasteiger partial charge on any atom is -0.396 e. The zero-order valence-electron chi connectivity index (χ0n) is 20.8. The lowest BCUT2D eigenvalue weighted by molar-refractivity contribution is -0.139. The van der Waals surface area contributed by atoms with Crippen molar-refractivity contribution < 1.29 is 25.2 Å². The molecule has 3 rings (SSSR count). The predicted octanol–water partition coefficient (Wildman–Crippen LogP) is 4.02. The number of fused-ring (bicyclic) bond motifs is 1. The van der Waals surface area contributed by atoms with Crippen molar-refractivity contribution in [3.05, 3.63) is 11.6 Å². The van der Waals surface area contributed by atoms with Gasteiger partial charge in [0.1, 0.15) is 0 Å². The highest BCUT2D eigenvalue weighted by Gasteiger charge is 2.58. The number of aliphatic hydroxyl groups is 4. The number of rotatable bonds is 8. The molecule has 0 aromatic rings. The Kier molecular flexibility index (Phi) is 7.66. The van der Waals surface area contributed by atoms with Crippen LogP contribution in [0.5, 0.6) is 0 Å². The molecule has 0 aliphatic heterocycles. The van der Waals surface area contributed by atoms with Crippen LogP contribution in [-0.2, 0) is 4.79 Å². The fraction of sp³-hybridized carbons (Fsp3) is 0.889. The lowest BCUT2D eigenvalue weighted by Gasteiger charge is -2.50. The quantitative estimate of drug-likeness (QED) is 0.448. The highest BCUT2D eigenvalue weighted by molar-refractivity contribution is 6.01. The maximum atomic E-state index is 13.8. The van der Waals surface area contributed by atoms with E-state index in [0.717, 1.165) is 32.1 Å². The Labute approximate surface area is 194 Å². The largest absolute Gasteiger partial charge is 0.396 e. The molecule has 3 aliphatic carbocycles. The SMILES string of the molecule is CC(C)CCCC(C)(O)[C@H]1CC[C@@H](C2=C[C@H](O)[C@H]3C[C@@H](O)CC[C@]3(C)C2=O)[C@]1(C)CCO. The van der Waals surface area contributed by atoms with E-state index in [1.165, 1.54) is 0 Å². The average Bonchev–Trinajstić information content (AvgIpc) is 3.03. The van der Waals surface area contributed by atoms with E-state index >= 15 is 0 Å². The monoisotopic (exact) mass is 450 g/mol. The van der Waals surface area contributed by atoms with Crippen LogP contribution in [0, 0.1) is 34.5 Å². The summed E-state index contributed by atoms with van der Waals surface area (Å²) in [5.74, 6) is 0.365. The lowest BCUT2D eigenvalue weighted by Crippen LogP contribution is -2.52. The zero-order valence-corrected chi connectivity index (χ0v) is 20.8. The maximum absolute atomic E-state index is 13.8. The van der Waals surface area contributed by atoms with Crippen LogP contribution in [0.3, 0.4) is 0 Å². The second kappa shape index (κ2) is 9.48. The first-order chi connectivity index (χ1) is 14.9. The molecule has 4 N–H and O–H groups in total. The van der Waals surface area contributed by atoms with E-state index in [-0.39, 0.29) is 30.1 Å². The van der Waals surface area contributed by atoms with Gasteiger partial charge in [0.15, 0.2) is 5.78 Å². The van der Waals surface area contributed by atoms with Crippen LogP contribution in [0.1, 0.15) is 92.4 Å². The number of hydrogen-bond donors (Lipinski definition) is 4. The summed E-state index contributed by atoms with van der Waals surface area (Å²) < 4.78 is 0. The Balaban J connectivity index is 1.90. The molecular weight excluding hydrogens is 404 g/mol. The van der Waals surface area contributed by atoms with E-state index in [9.17, 15) is 25.2 Å². The molecule has 5 heteroatoms. The number of aliphatic hydroxyl groups excluding tert-OH is 3. The summed E-state index contributed by atoms with van der Waals surface area (Å²) >= 11 is 0. The van der Waals surface area contributed by atoms with E-state index in [1.54, 1.807) is 6.08 Å². The molecule has 0 heterocycles. The molecule has 8 atom stereocenters. The van der Waals surface area contributed by atoms with Crippen LogP contribution in [0.25, 0.3) is 0 Å². The summed E-state index contributed by atoms with van der Waals surface area (Å²) in [7, 11) is 0. The molecule has 0 amide bonds. The van der Waals surface area contributed by atoms with Gasteiger partial charge in [-0.05, 0) is 86.7 Å². The number of Topliss-reactive ketones (excluding diaryl/α,β-unsaturated/α-hetero) is 1. The fourth-order valence-electron chi connectivity index (χ4n) is 7.50. The highest BCUT2D eigenvalue weighted by Crippen LogP contribution is 2.60. The number of hydrogen-bond acceptors (Lipinski definition) is 5. The van der Waals surface area contributed by atoms with Gasteiger partial charge < -0.3 is 20.4 Å². The molecule has 184 valence electrons. The van der Waals surface area contributed by atoms with E-state index in [1.807, 2.05) is 13.8 Å². The standard InChI is InChI=1S/C27H46O5/c1-17(2)7-6-11-27(5,32)23-9-8-20(25(23,3)13-14-28)19-16-22(30)21-15-18(29)10-12-26(21,4)24(19)31/h16-18,20-23,28-30,32H,6-15H2,1-5H3/t18-,20-,21+,22-,23-,25-,26-,27?/m0/s1. The minimum absolute atomic E-state index is 0.0103. The van der Waals surface area contributed by atoms with E-state index < -0.39 is 28.6 Å². The van der Waals surface area contributed by atoms with Gasteiger partial charge in [-0.15, -0.1) is 0 Å². The third kappa shape index (κ3) is 4.60. The fourth-order valence-corrected chi connectivity index (χ4v) is 7.50. The summed E-state index contributed by atoms with van der Waals surface area (Å²) in [6.07, 6.45) is 7.07. The smallest absolute Gasteiger partial charge is 0.165 e. The van der Waals surface area contributed by atoms with Gasteiger partial charge in [0.2, 0.25) is 0 Å². The van der Waals surface area contributed by atoms with Crippen molar-refractivity contribution in [1.29, 1.82) is 0 Å². The third-order valence-electron chi connectivity index (χ3n) is 9.46. The van der Waals surface area contributed by atoms with Gasteiger partial charge in [-0.3, -0.25) is 4.79 Å². The molecule has 32 heavy (non-hydrogen) atoms. The van der Waals surface area contributed by atoms with Gasteiger partial charge >= 0.3 is 0 Å². The second-order valence-electron chi connectivity index (χ2n) is 12.2. The number of ketones is 1. The van der Waals surface area contributed by atoms with Crippen molar-refractivity contribution in [1.82, 2.24) is 0 Å². The average molecular weight is 451 g/mol. The molecule has 0 saturated heterocycles. The van der Waals surface area contributed by atoms with Crippen LogP contribution in [0.15, 0.2) is 11.6 Å². The molecule has 0 radical (unpaired) electrons. The van der Waals surface area contributed by atoms with Gasteiger partial charge in [-0.2, -0.15) is 0 Å². The van der Waals surface area contributed by atoms with Crippen molar-refractivity contribution in [2.24, 2.45) is 34.5 Å². The van der Waals surface area contributed by atoms with Gasteiger partial charge in [-0.25, -0.2) is 0 Å². The summed E-state index contributed by atoms with van der Waals surface area (Å²) in [5, 5.41) is 42.6. The van der Waals surface area contributed by atoms with Gasteiger partial charge in [-0.1, -0.05) is 40.5 Å². The van der Waals surface area contributed by atoms with E-state index in [0.29, 0.717) is 37.2 Å². The summed E-state index contributed by atoms with van der Waals surface area (Å²) in [4.78, 5) is 13.8. The van der Waals surface area contributed by atoms with Crippen LogP contribution >= 0.6 is 0 Å². The highest BCUT2D eigenvalue weighted by atomic mass is 16.3. The molecule has 2 saturated carbocycles. The Morgan fingerprint density at radius 2 is 1.88 bits per heavy atom. The Bertz CT molecular complexity index is 713. The minimum atomic E-state index is -0.855. The third-order valence-corrected chi connectivity index (χ3v) is 9.46. The van der Waals surface area contributed by atoms with Crippen LogP contribution in [0.2, 0.25) is 0 Å². The zero-order chi connectivity index (χ0) is 23.9. The maximum Gasteiger partial charge on any atom is 0.165 e. The summed E-state index contributed by atoms with van der Waals surface area (Å²) in [6.45, 7) is 10.4. The summed E-state index contributed by atoms with van der Waals surface area (Å²) in [5.41, 5.74) is -1.22. The normalized spacial score (nSPS) is 42.0. The van der Waals surface area contributed by atoms with Crippen molar-refractivity contribution in [3.8, 4) is 0 Å². The van der Waals surface area contributed by atoms with Crippen LogP contribution in [-0.4, -0.2) is 50.6 Å². The molecule has 1 unspecified atom stereocenters. The Morgan fingerprint density at radius 1 is 1.19 bits per heavy atom. The van der Waals surface area contributed by atoms with Crippen molar-refractivity contribution in [2.75, 3.05) is 6.61 Å². The van der Waals surface area contributed by atoms with Gasteiger partial charge in [0.05, 0.1) is 17.8 Å². The topological polar surface area (TPSA) is 98.0 Å². The van der Waals surface area contributed by atoms with Crippen LogP contribution < -0.4 is 0 Å². The van der Waals surface area contributed by atoms with Gasteiger partial charge in [0, 0.05) is 17.9 Å². The van der Waals surface area contributed by atoms with Crippen LogP contribution in [0.4, 0.5) is 0 Å². The van der Waals surface area contributed by atoms with E-state index in [4.69, 9.17) is 0 Å². The first kappa shape index (κ1) is 25.9. The van der Waals surface area contributed by atoms with Crippen molar-refractivity contribution in [2.45, 2.75) is 110 Å². The Morgan fingerprint density at radius 3 is 2.50 bits per heavy atom. The Hall–Kier alpha value is -0.750. The van der Waals surface area contributed by atoms with Gasteiger partial charge in [0.25, 0.3) is 0 Å². The molecule has 2 fully saturated rings. The molecule has 0 aromatic heterocycles. The number of allylic oxidation sites excluding steroid dienone is 1. The number of carbonyl (C=O) groups is 1. The molecule has 0 aromatic carbocycles. The second-order valence-corrected chi connectivity index (χ2v) is 12.2. The molecule has 3 aliphatic rings. The molecular formula is C27H46O5. The molecule has 5 nitrogen and oxygen atoms in total. The van der Waals surface area contributed by atoms with E-state index in [2.05, 4.69) is 20.8 Å². The molecule has 0 spiro atoms. The van der Waals surface area contributed by atoms with Crippen molar-refractivity contribution in [3.63, 3.8) is 0 Å². The first-order valence-electron chi connectivity index (χ1n) is 12.8. The molecule has 0 bridgehead atoms. The first-order valence-corrected chi connectivity index (χ1v) is 12.8. The summed E-state index contributed by atoms with van der Waals surface area (Å²) in [6, 6.07) is 0.